The average Bonchev–Trinajstić information content (AvgIpc) is 3.05. The number of thiazole rings is 1. The lowest BCUT2D eigenvalue weighted by atomic mass is 10.1. The van der Waals surface area contributed by atoms with E-state index in [9.17, 15) is 9.59 Å². The van der Waals surface area contributed by atoms with E-state index >= 15 is 0 Å². The predicted octanol–water partition coefficient (Wildman–Crippen LogP) is 1.23. The van der Waals surface area contributed by atoms with Crippen LogP contribution in [0.4, 0.5) is 0 Å². The van der Waals surface area contributed by atoms with Crippen LogP contribution in [0.25, 0.3) is 0 Å². The predicted molar refractivity (Wildman–Crippen MR) is 86.2 cm³/mol. The summed E-state index contributed by atoms with van der Waals surface area (Å²) in [5, 5.41) is 4.37. The van der Waals surface area contributed by atoms with E-state index in [1.54, 1.807) is 14.2 Å². The van der Waals surface area contributed by atoms with E-state index in [0.29, 0.717) is 24.5 Å². The molecule has 2 rings (SSSR count). The number of hydrogen-bond acceptors (Lipinski definition) is 6. The van der Waals surface area contributed by atoms with Crippen LogP contribution in [0, 0.1) is 0 Å². The van der Waals surface area contributed by atoms with Crippen molar-refractivity contribution in [2.45, 2.75) is 6.42 Å². The van der Waals surface area contributed by atoms with E-state index in [-0.39, 0.29) is 16.6 Å². The highest BCUT2D eigenvalue weighted by molar-refractivity contribution is 7.11. The van der Waals surface area contributed by atoms with Crippen LogP contribution < -0.4 is 20.5 Å². The lowest BCUT2D eigenvalue weighted by Gasteiger charge is -2.09. The third kappa shape index (κ3) is 4.19. The molecule has 2 amide bonds. The summed E-state index contributed by atoms with van der Waals surface area (Å²) in [5.41, 5.74) is 6.30. The number of carbonyl (C=O) groups excluding carboxylic acids is 2. The fourth-order valence-corrected chi connectivity index (χ4v) is 2.59. The molecule has 0 atom stereocenters. The lowest BCUT2D eigenvalue weighted by Crippen LogP contribution is -2.26. The second-order valence-electron chi connectivity index (χ2n) is 4.60. The summed E-state index contributed by atoms with van der Waals surface area (Å²) in [6.45, 7) is 0.428. The molecule has 1 heterocycles. The minimum absolute atomic E-state index is 0.120. The molecule has 0 saturated heterocycles. The monoisotopic (exact) mass is 335 g/mol. The van der Waals surface area contributed by atoms with Gasteiger partial charge in [-0.25, -0.2) is 4.98 Å². The van der Waals surface area contributed by atoms with Gasteiger partial charge in [0.1, 0.15) is 5.69 Å². The molecular weight excluding hydrogens is 318 g/mol. The van der Waals surface area contributed by atoms with Crippen LogP contribution in [0.1, 0.15) is 25.9 Å². The van der Waals surface area contributed by atoms with Crippen molar-refractivity contribution in [1.29, 1.82) is 0 Å². The molecule has 0 saturated carbocycles. The molecule has 2 aromatic rings. The first-order valence-electron chi connectivity index (χ1n) is 6.79. The Labute approximate surface area is 137 Å². The van der Waals surface area contributed by atoms with Crippen molar-refractivity contribution in [3.63, 3.8) is 0 Å². The van der Waals surface area contributed by atoms with Gasteiger partial charge in [0.05, 0.1) is 14.2 Å². The van der Waals surface area contributed by atoms with Crippen molar-refractivity contribution >= 4 is 23.2 Å². The molecular formula is C15H17N3O4S. The molecule has 122 valence electrons. The first kappa shape index (κ1) is 16.8. The van der Waals surface area contributed by atoms with Gasteiger partial charge in [-0.15, -0.1) is 11.3 Å². The van der Waals surface area contributed by atoms with Gasteiger partial charge in [0.2, 0.25) is 0 Å². The zero-order valence-corrected chi connectivity index (χ0v) is 13.6. The van der Waals surface area contributed by atoms with Gasteiger partial charge in [0, 0.05) is 11.9 Å². The minimum atomic E-state index is -0.639. The van der Waals surface area contributed by atoms with Crippen molar-refractivity contribution in [3.05, 3.63) is 39.8 Å². The maximum absolute atomic E-state index is 11.9. The SMILES string of the molecule is COc1ccc(CCNC(=O)c2csc(C(N)=O)n2)cc1OC. The number of hydrogen-bond donors (Lipinski definition) is 2. The van der Waals surface area contributed by atoms with Gasteiger partial charge in [-0.1, -0.05) is 6.07 Å². The van der Waals surface area contributed by atoms with E-state index in [2.05, 4.69) is 10.3 Å². The molecule has 0 unspecified atom stereocenters. The fraction of sp³-hybridized carbons (Fsp3) is 0.267. The van der Waals surface area contributed by atoms with E-state index in [1.165, 1.54) is 5.38 Å². The summed E-state index contributed by atoms with van der Waals surface area (Å²) in [6.07, 6.45) is 0.624. The number of ether oxygens (including phenoxy) is 2. The summed E-state index contributed by atoms with van der Waals surface area (Å²) >= 11 is 1.05. The largest absolute Gasteiger partial charge is 0.493 e. The normalized spacial score (nSPS) is 10.2. The zero-order valence-electron chi connectivity index (χ0n) is 12.8. The maximum atomic E-state index is 11.9. The van der Waals surface area contributed by atoms with Crippen LogP contribution in [-0.2, 0) is 6.42 Å². The number of benzene rings is 1. The minimum Gasteiger partial charge on any atom is -0.493 e. The van der Waals surface area contributed by atoms with Crippen molar-refractivity contribution in [3.8, 4) is 11.5 Å². The molecule has 0 aliphatic carbocycles. The van der Waals surface area contributed by atoms with Gasteiger partial charge < -0.3 is 20.5 Å². The third-order valence-corrected chi connectivity index (χ3v) is 3.95. The second kappa shape index (κ2) is 7.59. The lowest BCUT2D eigenvalue weighted by molar-refractivity contribution is 0.0950. The van der Waals surface area contributed by atoms with Crippen LogP contribution in [0.5, 0.6) is 11.5 Å². The van der Waals surface area contributed by atoms with E-state index in [0.717, 1.165) is 16.9 Å². The van der Waals surface area contributed by atoms with E-state index in [4.69, 9.17) is 15.2 Å². The number of nitrogens with one attached hydrogen (secondary N) is 1. The molecule has 0 aliphatic heterocycles. The van der Waals surface area contributed by atoms with E-state index in [1.807, 2.05) is 18.2 Å². The highest BCUT2D eigenvalue weighted by Crippen LogP contribution is 2.27. The topological polar surface area (TPSA) is 104 Å². The first-order valence-corrected chi connectivity index (χ1v) is 7.67. The van der Waals surface area contributed by atoms with Crippen LogP contribution in [0.3, 0.4) is 0 Å². The molecule has 0 fully saturated rings. The standard InChI is InChI=1S/C15H17N3O4S/c1-21-11-4-3-9(7-12(11)22-2)5-6-17-14(20)10-8-23-15(18-10)13(16)19/h3-4,7-8H,5-6H2,1-2H3,(H2,16,19)(H,17,20). The Hall–Kier alpha value is -2.61. The number of aromatic nitrogens is 1. The van der Waals surface area contributed by atoms with Gasteiger partial charge in [-0.2, -0.15) is 0 Å². The Bertz CT molecular complexity index is 714. The Balaban J connectivity index is 1.91. The highest BCUT2D eigenvalue weighted by Gasteiger charge is 2.13. The second-order valence-corrected chi connectivity index (χ2v) is 5.46. The van der Waals surface area contributed by atoms with Crippen LogP contribution in [0.2, 0.25) is 0 Å². The molecule has 0 radical (unpaired) electrons. The van der Waals surface area contributed by atoms with Crippen LogP contribution in [-0.4, -0.2) is 37.6 Å². The molecule has 1 aromatic heterocycles. The van der Waals surface area contributed by atoms with Crippen molar-refractivity contribution < 1.29 is 19.1 Å². The Morgan fingerprint density at radius 2 is 2.00 bits per heavy atom. The van der Waals surface area contributed by atoms with Crippen LogP contribution >= 0.6 is 11.3 Å². The molecule has 0 spiro atoms. The van der Waals surface area contributed by atoms with Gasteiger partial charge in [0.15, 0.2) is 16.5 Å². The summed E-state index contributed by atoms with van der Waals surface area (Å²) < 4.78 is 10.4. The Morgan fingerprint density at radius 1 is 1.26 bits per heavy atom. The average molecular weight is 335 g/mol. The highest BCUT2D eigenvalue weighted by atomic mass is 32.1. The van der Waals surface area contributed by atoms with Crippen molar-refractivity contribution in [2.24, 2.45) is 5.73 Å². The number of rotatable bonds is 7. The third-order valence-electron chi connectivity index (χ3n) is 3.09. The first-order chi connectivity index (χ1) is 11.0. The molecule has 1 aromatic carbocycles. The van der Waals surface area contributed by atoms with Gasteiger partial charge in [-0.3, -0.25) is 9.59 Å². The van der Waals surface area contributed by atoms with Crippen molar-refractivity contribution in [1.82, 2.24) is 10.3 Å². The number of carbonyl (C=O) groups is 2. The molecule has 7 nitrogen and oxygen atoms in total. The quantitative estimate of drug-likeness (QED) is 0.792. The van der Waals surface area contributed by atoms with Gasteiger partial charge in [-0.05, 0) is 24.1 Å². The number of nitrogens with zero attached hydrogens (tertiary/aromatic N) is 1. The van der Waals surface area contributed by atoms with Gasteiger partial charge in [0.25, 0.3) is 11.8 Å². The number of nitrogens with two attached hydrogens (primary N) is 1. The van der Waals surface area contributed by atoms with Crippen molar-refractivity contribution in [2.75, 3.05) is 20.8 Å². The molecule has 0 bridgehead atoms. The summed E-state index contributed by atoms with van der Waals surface area (Å²) in [5.74, 6) is 0.317. The number of primary amides is 1. The summed E-state index contributed by atoms with van der Waals surface area (Å²) in [4.78, 5) is 26.8. The molecule has 8 heteroatoms. The zero-order chi connectivity index (χ0) is 16.8. The van der Waals surface area contributed by atoms with E-state index < -0.39 is 5.91 Å². The summed E-state index contributed by atoms with van der Waals surface area (Å²) in [7, 11) is 3.15. The summed E-state index contributed by atoms with van der Waals surface area (Å²) in [6, 6.07) is 5.58. The maximum Gasteiger partial charge on any atom is 0.277 e. The van der Waals surface area contributed by atoms with Crippen LogP contribution in [0.15, 0.2) is 23.6 Å². The molecule has 23 heavy (non-hydrogen) atoms. The smallest absolute Gasteiger partial charge is 0.277 e. The molecule has 0 aliphatic rings. The molecule has 3 N–H and O–H groups in total. The number of amides is 2. The Morgan fingerprint density at radius 3 is 2.61 bits per heavy atom. The Kier molecular flexibility index (Phi) is 5.53. The fourth-order valence-electron chi connectivity index (χ4n) is 1.94. The van der Waals surface area contributed by atoms with Gasteiger partial charge >= 0.3 is 0 Å². The number of methoxy groups -OCH3 is 2.